The van der Waals surface area contributed by atoms with Crippen LogP contribution in [-0.2, 0) is 4.79 Å². The molecule has 0 aromatic heterocycles. The van der Waals surface area contributed by atoms with E-state index in [0.29, 0.717) is 6.42 Å². The molecule has 0 rings (SSSR count). The summed E-state index contributed by atoms with van der Waals surface area (Å²) in [6.45, 7) is 2.25. The number of carbonyl (C=O) groups excluding carboxylic acids is 1. The van der Waals surface area contributed by atoms with Crippen molar-refractivity contribution < 1.29 is 9.90 Å². The van der Waals surface area contributed by atoms with Crippen LogP contribution in [0.1, 0.15) is 103 Å². The Bertz CT molecular complexity index is 231. The Labute approximate surface area is 131 Å². The highest BCUT2D eigenvalue weighted by atomic mass is 16.3. The molecule has 0 aromatic rings. The van der Waals surface area contributed by atoms with Gasteiger partial charge in [-0.3, -0.25) is 4.79 Å². The Balaban J connectivity index is 3.16. The fourth-order valence-electron chi connectivity index (χ4n) is 2.69. The molecule has 0 spiro atoms. The van der Waals surface area contributed by atoms with Crippen molar-refractivity contribution in [2.45, 2.75) is 109 Å². The largest absolute Gasteiger partial charge is 0.393 e. The van der Waals surface area contributed by atoms with E-state index in [1.807, 2.05) is 0 Å². The van der Waals surface area contributed by atoms with E-state index < -0.39 is 0 Å². The van der Waals surface area contributed by atoms with Gasteiger partial charge in [0.05, 0.1) is 6.10 Å². The van der Waals surface area contributed by atoms with Gasteiger partial charge in [-0.1, -0.05) is 77.6 Å². The zero-order chi connectivity index (χ0) is 15.8. The SMILES string of the molecule is CCCCCCCCCCC(O)CCCCCCC(N)=O. The van der Waals surface area contributed by atoms with Crippen molar-refractivity contribution in [1.29, 1.82) is 0 Å². The maximum atomic E-state index is 10.6. The Morgan fingerprint density at radius 1 is 0.810 bits per heavy atom. The van der Waals surface area contributed by atoms with Gasteiger partial charge in [0, 0.05) is 6.42 Å². The van der Waals surface area contributed by atoms with E-state index in [1.54, 1.807) is 0 Å². The molecular formula is C18H37NO2. The minimum absolute atomic E-state index is 0.124. The van der Waals surface area contributed by atoms with Crippen LogP contribution >= 0.6 is 0 Å². The van der Waals surface area contributed by atoms with Crippen molar-refractivity contribution in [3.8, 4) is 0 Å². The number of unbranched alkanes of at least 4 members (excludes halogenated alkanes) is 10. The second-order valence-electron chi connectivity index (χ2n) is 6.34. The molecule has 0 saturated carbocycles. The monoisotopic (exact) mass is 299 g/mol. The highest BCUT2D eigenvalue weighted by Gasteiger charge is 2.04. The van der Waals surface area contributed by atoms with Gasteiger partial charge in [-0.15, -0.1) is 0 Å². The number of primary amides is 1. The summed E-state index contributed by atoms with van der Waals surface area (Å²) < 4.78 is 0. The second-order valence-corrected chi connectivity index (χ2v) is 6.34. The number of aliphatic hydroxyl groups is 1. The van der Waals surface area contributed by atoms with Gasteiger partial charge < -0.3 is 10.8 Å². The van der Waals surface area contributed by atoms with Gasteiger partial charge in [-0.25, -0.2) is 0 Å². The topological polar surface area (TPSA) is 63.3 Å². The second kappa shape index (κ2) is 15.8. The first-order valence-corrected chi connectivity index (χ1v) is 9.13. The highest BCUT2D eigenvalue weighted by molar-refractivity contribution is 5.73. The number of nitrogens with two attached hydrogens (primary N) is 1. The van der Waals surface area contributed by atoms with Crippen molar-refractivity contribution in [1.82, 2.24) is 0 Å². The lowest BCUT2D eigenvalue weighted by Crippen LogP contribution is -2.09. The first-order valence-electron chi connectivity index (χ1n) is 9.13. The molecule has 1 unspecified atom stereocenters. The van der Waals surface area contributed by atoms with Crippen LogP contribution in [0.2, 0.25) is 0 Å². The van der Waals surface area contributed by atoms with Crippen molar-refractivity contribution in [3.05, 3.63) is 0 Å². The van der Waals surface area contributed by atoms with E-state index >= 15 is 0 Å². The van der Waals surface area contributed by atoms with E-state index in [1.165, 1.54) is 44.9 Å². The van der Waals surface area contributed by atoms with Crippen LogP contribution in [-0.4, -0.2) is 17.1 Å². The van der Waals surface area contributed by atoms with Crippen molar-refractivity contribution in [3.63, 3.8) is 0 Å². The van der Waals surface area contributed by atoms with Gasteiger partial charge >= 0.3 is 0 Å². The van der Waals surface area contributed by atoms with Crippen molar-refractivity contribution in [2.24, 2.45) is 5.73 Å². The Kier molecular flexibility index (Phi) is 15.4. The van der Waals surface area contributed by atoms with Gasteiger partial charge in [0.2, 0.25) is 5.91 Å². The summed E-state index contributed by atoms with van der Waals surface area (Å²) >= 11 is 0. The quantitative estimate of drug-likeness (QED) is 0.406. The van der Waals surface area contributed by atoms with Crippen LogP contribution in [0.25, 0.3) is 0 Å². The molecule has 0 aliphatic carbocycles. The van der Waals surface area contributed by atoms with Crippen LogP contribution in [0.5, 0.6) is 0 Å². The average molecular weight is 299 g/mol. The molecule has 0 heterocycles. The molecular weight excluding hydrogens is 262 g/mol. The number of hydrogen-bond donors (Lipinski definition) is 2. The Hall–Kier alpha value is -0.570. The Morgan fingerprint density at radius 3 is 1.71 bits per heavy atom. The molecule has 0 aromatic carbocycles. The third kappa shape index (κ3) is 17.4. The standard InChI is InChI=1S/C18H37NO2/c1-2-3-4-5-6-7-8-11-14-17(20)15-12-9-10-13-16-18(19)21/h17,20H,2-16H2,1H3,(H2,19,21). The molecule has 0 aliphatic heterocycles. The lowest BCUT2D eigenvalue weighted by molar-refractivity contribution is -0.118. The van der Waals surface area contributed by atoms with Crippen LogP contribution < -0.4 is 5.73 Å². The molecule has 3 N–H and O–H groups in total. The predicted octanol–water partition coefficient (Wildman–Crippen LogP) is 4.70. The summed E-state index contributed by atoms with van der Waals surface area (Å²) in [5, 5.41) is 9.89. The minimum atomic E-state index is -0.204. The van der Waals surface area contributed by atoms with Gasteiger partial charge in [0.15, 0.2) is 0 Å². The number of carbonyl (C=O) groups is 1. The van der Waals surface area contributed by atoms with E-state index in [-0.39, 0.29) is 12.0 Å². The molecule has 0 radical (unpaired) electrons. The van der Waals surface area contributed by atoms with E-state index in [2.05, 4.69) is 6.92 Å². The average Bonchev–Trinajstić information content (AvgIpc) is 2.45. The maximum absolute atomic E-state index is 10.6. The summed E-state index contributed by atoms with van der Waals surface area (Å²) in [6.07, 6.45) is 16.9. The smallest absolute Gasteiger partial charge is 0.217 e. The molecule has 1 atom stereocenters. The summed E-state index contributed by atoms with van der Waals surface area (Å²) in [6, 6.07) is 0. The fourth-order valence-corrected chi connectivity index (χ4v) is 2.69. The molecule has 21 heavy (non-hydrogen) atoms. The Morgan fingerprint density at radius 2 is 1.24 bits per heavy atom. The third-order valence-corrected chi connectivity index (χ3v) is 4.10. The lowest BCUT2D eigenvalue weighted by Gasteiger charge is -2.10. The van der Waals surface area contributed by atoms with Crippen LogP contribution in [0.3, 0.4) is 0 Å². The molecule has 0 saturated heterocycles. The van der Waals surface area contributed by atoms with Gasteiger partial charge in [0.1, 0.15) is 0 Å². The summed E-state index contributed by atoms with van der Waals surface area (Å²) in [4.78, 5) is 10.6. The van der Waals surface area contributed by atoms with E-state index in [4.69, 9.17) is 5.73 Å². The van der Waals surface area contributed by atoms with E-state index in [0.717, 1.165) is 44.9 Å². The molecule has 0 bridgehead atoms. The third-order valence-electron chi connectivity index (χ3n) is 4.10. The van der Waals surface area contributed by atoms with Gasteiger partial charge in [-0.05, 0) is 19.3 Å². The molecule has 0 fully saturated rings. The number of hydrogen-bond acceptors (Lipinski definition) is 2. The number of amides is 1. The maximum Gasteiger partial charge on any atom is 0.217 e. The number of rotatable bonds is 16. The molecule has 3 nitrogen and oxygen atoms in total. The molecule has 3 heteroatoms. The lowest BCUT2D eigenvalue weighted by atomic mass is 10.0. The highest BCUT2D eigenvalue weighted by Crippen LogP contribution is 2.14. The van der Waals surface area contributed by atoms with Crippen LogP contribution in [0.4, 0.5) is 0 Å². The fraction of sp³-hybridized carbons (Fsp3) is 0.944. The van der Waals surface area contributed by atoms with Crippen LogP contribution in [0.15, 0.2) is 0 Å². The van der Waals surface area contributed by atoms with E-state index in [9.17, 15) is 9.90 Å². The normalized spacial score (nSPS) is 12.5. The summed E-state index contributed by atoms with van der Waals surface area (Å²) in [5.74, 6) is -0.204. The molecule has 126 valence electrons. The molecule has 1 amide bonds. The number of aliphatic hydroxyl groups excluding tert-OH is 1. The first kappa shape index (κ1) is 20.4. The predicted molar refractivity (Wildman–Crippen MR) is 90.1 cm³/mol. The zero-order valence-electron chi connectivity index (χ0n) is 14.1. The van der Waals surface area contributed by atoms with Gasteiger partial charge in [0.25, 0.3) is 0 Å². The zero-order valence-corrected chi connectivity index (χ0v) is 14.1. The van der Waals surface area contributed by atoms with Crippen molar-refractivity contribution >= 4 is 5.91 Å². The first-order chi connectivity index (χ1) is 10.2. The summed E-state index contributed by atoms with van der Waals surface area (Å²) in [7, 11) is 0. The summed E-state index contributed by atoms with van der Waals surface area (Å²) in [5.41, 5.74) is 5.09. The van der Waals surface area contributed by atoms with Crippen LogP contribution in [0, 0.1) is 0 Å². The van der Waals surface area contributed by atoms with Gasteiger partial charge in [-0.2, -0.15) is 0 Å². The van der Waals surface area contributed by atoms with Crippen molar-refractivity contribution in [2.75, 3.05) is 0 Å². The molecule has 0 aliphatic rings. The minimum Gasteiger partial charge on any atom is -0.393 e.